The summed E-state index contributed by atoms with van der Waals surface area (Å²) in [7, 11) is 4.19. The maximum absolute atomic E-state index is 13.0. The van der Waals surface area contributed by atoms with Gasteiger partial charge in [0, 0.05) is 50.4 Å². The van der Waals surface area contributed by atoms with Crippen molar-refractivity contribution in [2.75, 3.05) is 26.2 Å². The number of hydrogen-bond donors (Lipinski definition) is 0. The van der Waals surface area contributed by atoms with E-state index in [0.29, 0.717) is 16.7 Å². The highest BCUT2D eigenvalue weighted by Crippen LogP contribution is 2.39. The predicted molar refractivity (Wildman–Crippen MR) is 305 cm³/mol. The minimum Gasteiger partial charge on any atom is -0.465 e. The molecule has 9 rings (SSSR count). The quantitative estimate of drug-likeness (QED) is 0.0809. The Balaban J connectivity index is 1.06. The van der Waals surface area contributed by atoms with Gasteiger partial charge in [0.15, 0.2) is 0 Å². The normalized spacial score (nSPS) is 10.9. The summed E-state index contributed by atoms with van der Waals surface area (Å²) in [5, 5.41) is 0. The molecule has 3 aromatic rings. The molecule has 0 N–H and O–H groups in total. The topological polar surface area (TPSA) is 82.1 Å². The van der Waals surface area contributed by atoms with Crippen LogP contribution in [0.2, 0.25) is 0 Å². The summed E-state index contributed by atoms with van der Waals surface area (Å²) in [6.45, 7) is 12.8. The van der Waals surface area contributed by atoms with E-state index in [1.165, 1.54) is 21.3 Å². The number of rotatable bonds is 9. The number of nitrogens with zero attached hydrogens (tertiary/aromatic N) is 1. The zero-order chi connectivity index (χ0) is 53.6. The van der Waals surface area contributed by atoms with Gasteiger partial charge >= 0.3 is 17.9 Å². The molecule has 0 fully saturated rings. The number of carbonyl (C=O) groups is 3. The van der Waals surface area contributed by atoms with Crippen LogP contribution in [0.25, 0.3) is 33.4 Å². The van der Waals surface area contributed by atoms with Crippen LogP contribution in [-0.4, -0.2) is 39.2 Å². The molecule has 0 radical (unpaired) electrons. The second-order valence-corrected chi connectivity index (χ2v) is 19.6. The van der Waals surface area contributed by atoms with Crippen LogP contribution >= 0.6 is 0 Å². The molecule has 0 atom stereocenters. The van der Waals surface area contributed by atoms with Gasteiger partial charge < -0.3 is 19.1 Å². The molecule has 374 valence electrons. The molecule has 76 heavy (non-hydrogen) atoms. The monoisotopic (exact) mass is 995 g/mol. The number of ether oxygens (including phenoxy) is 3. The number of hydrogen-bond acceptors (Lipinski definition) is 7. The molecule has 0 aromatic heterocycles. The van der Waals surface area contributed by atoms with Crippen molar-refractivity contribution in [2.24, 2.45) is 0 Å². The lowest BCUT2D eigenvalue weighted by Crippen LogP contribution is -2.09. The molecule has 6 aliphatic rings. The summed E-state index contributed by atoms with van der Waals surface area (Å²) in [6, 6.07) is 54.1. The average molecular weight is 996 g/mol. The molecule has 0 amide bonds. The molecule has 0 saturated heterocycles. The van der Waals surface area contributed by atoms with Crippen molar-refractivity contribution in [3.63, 3.8) is 0 Å². The van der Waals surface area contributed by atoms with Crippen LogP contribution in [0, 0.1) is 35.5 Å². The third-order valence-corrected chi connectivity index (χ3v) is 13.7. The van der Waals surface area contributed by atoms with Crippen LogP contribution < -0.4 is 4.90 Å². The number of fused-ring (bicyclic) bond motifs is 3. The summed E-state index contributed by atoms with van der Waals surface area (Å²) in [5.74, 6) is 19.7. The maximum atomic E-state index is 13.0. The van der Waals surface area contributed by atoms with Crippen molar-refractivity contribution in [3.05, 3.63) is 231 Å². The first kappa shape index (κ1) is 51.5. The molecular weight excluding hydrogens is 939 g/mol. The number of anilines is 3. The molecular formula is C69H57NO6. The van der Waals surface area contributed by atoms with E-state index in [-0.39, 0.29) is 17.8 Å². The van der Waals surface area contributed by atoms with E-state index in [2.05, 4.69) is 118 Å². The SMILES string of the molecule is COC(=O)c1cc(C#Cc2ccc(N(c3ccc(C#Cc4cc(C(=O)OC)c5cc(C(C)C)cccc4-5)cc3)c3ccc(C#Cc4cc(C(=O)OC)c5cc(C(C)C)cccc4-5)cc3)cc2)c2cccc(C(C)C)cc1-2. The Kier molecular flexibility index (Phi) is 15.2. The highest BCUT2D eigenvalue weighted by molar-refractivity contribution is 6.03. The lowest BCUT2D eigenvalue weighted by Gasteiger charge is -2.25. The first-order chi connectivity index (χ1) is 36.7. The van der Waals surface area contributed by atoms with Gasteiger partial charge in [-0.3, -0.25) is 0 Å². The van der Waals surface area contributed by atoms with E-state index in [4.69, 9.17) is 14.2 Å². The number of benzene rings is 3. The number of esters is 3. The van der Waals surface area contributed by atoms with Crippen molar-refractivity contribution in [1.82, 2.24) is 0 Å². The molecule has 0 bridgehead atoms. The first-order valence-corrected chi connectivity index (χ1v) is 25.4. The smallest absolute Gasteiger partial charge is 0.338 e. The summed E-state index contributed by atoms with van der Waals surface area (Å²) >= 11 is 0. The van der Waals surface area contributed by atoms with Gasteiger partial charge in [-0.25, -0.2) is 14.4 Å². The maximum Gasteiger partial charge on any atom is 0.338 e. The van der Waals surface area contributed by atoms with E-state index in [0.717, 1.165) is 101 Å². The summed E-state index contributed by atoms with van der Waals surface area (Å²) < 4.78 is 15.5. The second-order valence-electron chi connectivity index (χ2n) is 19.6. The Morgan fingerprint density at radius 2 is 0.605 bits per heavy atom. The van der Waals surface area contributed by atoms with Crippen LogP contribution in [0.3, 0.4) is 0 Å². The van der Waals surface area contributed by atoms with E-state index >= 15 is 0 Å². The second kappa shape index (κ2) is 22.4. The molecule has 0 aliphatic heterocycles. The van der Waals surface area contributed by atoms with E-state index in [1.807, 2.05) is 127 Å². The van der Waals surface area contributed by atoms with E-state index in [9.17, 15) is 14.4 Å². The highest BCUT2D eigenvalue weighted by atomic mass is 16.5. The average Bonchev–Trinajstić information content (AvgIpc) is 3.82. The van der Waals surface area contributed by atoms with Crippen LogP contribution in [0.1, 0.15) is 140 Å². The summed E-state index contributed by atoms with van der Waals surface area (Å²) in [5.41, 5.74) is 17.2. The van der Waals surface area contributed by atoms with Gasteiger partial charge in [0.1, 0.15) is 0 Å². The lowest BCUT2D eigenvalue weighted by atomic mass is 10.0. The minimum atomic E-state index is -0.401. The minimum absolute atomic E-state index is 0.272. The fourth-order valence-corrected chi connectivity index (χ4v) is 9.36. The molecule has 0 spiro atoms. The summed E-state index contributed by atoms with van der Waals surface area (Å²) in [6.07, 6.45) is 0. The molecule has 0 heterocycles. The Morgan fingerprint density at radius 1 is 0.342 bits per heavy atom. The summed E-state index contributed by atoms with van der Waals surface area (Å²) in [4.78, 5) is 41.0. The van der Waals surface area contributed by atoms with Gasteiger partial charge in [-0.15, -0.1) is 0 Å². The molecule has 3 aromatic carbocycles. The van der Waals surface area contributed by atoms with E-state index in [1.54, 1.807) is 0 Å². The van der Waals surface area contributed by atoms with Crippen molar-refractivity contribution < 1.29 is 28.6 Å². The van der Waals surface area contributed by atoms with Crippen LogP contribution in [0.15, 0.2) is 164 Å². The molecule has 7 heteroatoms. The third kappa shape index (κ3) is 10.8. The van der Waals surface area contributed by atoms with Crippen LogP contribution in [0.5, 0.6) is 0 Å². The number of methoxy groups -OCH3 is 3. The Labute approximate surface area is 446 Å². The molecule has 6 aliphatic carbocycles. The van der Waals surface area contributed by atoms with Crippen molar-refractivity contribution in [2.45, 2.75) is 59.3 Å². The lowest BCUT2D eigenvalue weighted by molar-refractivity contribution is 0.0593. The van der Waals surface area contributed by atoms with Gasteiger partial charge in [-0.2, -0.15) is 0 Å². The first-order valence-electron chi connectivity index (χ1n) is 25.4. The Bertz CT molecular complexity index is 3360. The Hall–Kier alpha value is -9.35. The zero-order valence-electron chi connectivity index (χ0n) is 44.2. The standard InChI is InChI=1S/C69H57NO6/c1-43(2)49-13-10-16-58-52(40-64(61(58)37-49)67(71)74-7)28-19-46-22-31-55(32-23-46)70(56-33-24-47(25-34-56)20-29-53-41-65(68(72)75-8)62-38-50(44(3)4)14-11-17-59(53)62)57-35-26-48(27-36-57)21-30-54-42-66(69(73)76-9)63-39-51(45(5)6)15-12-18-60(54)63/h10-18,22-27,31-45H,1-9H3. The predicted octanol–water partition coefficient (Wildman–Crippen LogP) is 15.4. The van der Waals surface area contributed by atoms with Crippen LogP contribution in [0.4, 0.5) is 17.1 Å². The molecule has 0 saturated carbocycles. The Morgan fingerprint density at radius 3 is 0.842 bits per heavy atom. The highest BCUT2D eigenvalue weighted by Gasteiger charge is 2.24. The van der Waals surface area contributed by atoms with Gasteiger partial charge in [0.25, 0.3) is 0 Å². The van der Waals surface area contributed by atoms with Gasteiger partial charge in [-0.1, -0.05) is 132 Å². The van der Waals surface area contributed by atoms with Gasteiger partial charge in [0.05, 0.1) is 38.0 Å². The van der Waals surface area contributed by atoms with E-state index < -0.39 is 17.9 Å². The van der Waals surface area contributed by atoms with Crippen molar-refractivity contribution in [1.29, 1.82) is 0 Å². The number of carbonyl (C=O) groups excluding carboxylic acids is 3. The van der Waals surface area contributed by atoms with Gasteiger partial charge in [-0.05, 0) is 177 Å². The third-order valence-electron chi connectivity index (χ3n) is 13.7. The van der Waals surface area contributed by atoms with Crippen LogP contribution in [-0.2, 0) is 14.2 Å². The largest absolute Gasteiger partial charge is 0.465 e. The molecule has 7 nitrogen and oxygen atoms in total. The fourth-order valence-electron chi connectivity index (χ4n) is 9.36. The van der Waals surface area contributed by atoms with Crippen molar-refractivity contribution >= 4 is 35.0 Å². The van der Waals surface area contributed by atoms with Crippen molar-refractivity contribution in [3.8, 4) is 68.9 Å². The van der Waals surface area contributed by atoms with Gasteiger partial charge in [0.2, 0.25) is 0 Å². The molecule has 0 unspecified atom stereocenters. The zero-order valence-corrected chi connectivity index (χ0v) is 44.2. The fraction of sp³-hybridized carbons (Fsp3) is 0.174.